The zero-order valence-electron chi connectivity index (χ0n) is 18.8. The van der Waals surface area contributed by atoms with Crippen LogP contribution in [-0.4, -0.2) is 51.7 Å². The van der Waals surface area contributed by atoms with Crippen LogP contribution in [0.2, 0.25) is 5.02 Å². The summed E-state index contributed by atoms with van der Waals surface area (Å²) in [5.74, 6) is 1.19. The monoisotopic (exact) mass is 508 g/mol. The number of nitrogen functional groups attached to an aromatic ring is 1. The Labute approximate surface area is 202 Å². The number of halogens is 1. The standard InChI is InChI=1S/C21H26ClN6O5P/c1-3-30-19-17-18(26-21(23)27-19)28(12-24-17)20-13(2)10-16(32-20)11-31-34(25-8-9-29)33-15-6-4-14(22)5-7-15/h4-7,9,12-13,16,20,25H,3,8,10-11H2,1-2H3,(H2,23,26,27). The largest absolute Gasteiger partial charge is 0.476 e. The number of benzene rings is 1. The molecule has 0 aliphatic carbocycles. The normalized spacial score (nSPS) is 21.0. The van der Waals surface area contributed by atoms with Crippen molar-refractivity contribution in [1.82, 2.24) is 24.6 Å². The molecule has 0 bridgehead atoms. The van der Waals surface area contributed by atoms with E-state index in [1.807, 2.05) is 11.5 Å². The summed E-state index contributed by atoms with van der Waals surface area (Å²) in [6.07, 6.45) is 2.66. The second kappa shape index (κ2) is 11.2. The third kappa shape index (κ3) is 5.73. The maximum Gasteiger partial charge on any atom is 0.318 e. The van der Waals surface area contributed by atoms with Gasteiger partial charge in [-0.25, -0.2) is 10.1 Å². The van der Waals surface area contributed by atoms with Crippen molar-refractivity contribution in [3.63, 3.8) is 0 Å². The molecule has 1 aromatic carbocycles. The molecule has 1 aliphatic heterocycles. The molecule has 2 aromatic heterocycles. The van der Waals surface area contributed by atoms with Gasteiger partial charge >= 0.3 is 8.53 Å². The number of anilines is 1. The summed E-state index contributed by atoms with van der Waals surface area (Å²) in [6.45, 7) is 4.77. The van der Waals surface area contributed by atoms with Gasteiger partial charge in [0.25, 0.3) is 0 Å². The number of aldehydes is 1. The van der Waals surface area contributed by atoms with Gasteiger partial charge in [-0.15, -0.1) is 0 Å². The van der Waals surface area contributed by atoms with Gasteiger partial charge in [0.05, 0.1) is 32.2 Å². The second-order valence-corrected chi connectivity index (χ2v) is 9.34. The number of imidazole rings is 1. The number of aromatic nitrogens is 4. The van der Waals surface area contributed by atoms with Gasteiger partial charge in [-0.1, -0.05) is 18.5 Å². The number of rotatable bonds is 11. The minimum Gasteiger partial charge on any atom is -0.476 e. The molecule has 3 aromatic rings. The number of nitrogens with two attached hydrogens (primary N) is 1. The quantitative estimate of drug-likeness (QED) is 0.292. The van der Waals surface area contributed by atoms with Gasteiger partial charge in [-0.05, 0) is 37.6 Å². The van der Waals surface area contributed by atoms with Crippen LogP contribution in [0.4, 0.5) is 5.95 Å². The van der Waals surface area contributed by atoms with E-state index in [-0.39, 0.29) is 37.3 Å². The lowest BCUT2D eigenvalue weighted by Gasteiger charge is -2.20. The molecule has 34 heavy (non-hydrogen) atoms. The molecule has 0 spiro atoms. The van der Waals surface area contributed by atoms with Gasteiger partial charge in [-0.2, -0.15) is 9.97 Å². The van der Waals surface area contributed by atoms with Crippen LogP contribution in [0.25, 0.3) is 11.2 Å². The summed E-state index contributed by atoms with van der Waals surface area (Å²) in [4.78, 5) is 23.7. The van der Waals surface area contributed by atoms with Crippen molar-refractivity contribution in [2.45, 2.75) is 32.6 Å². The summed E-state index contributed by atoms with van der Waals surface area (Å²) in [5.41, 5.74) is 6.96. The van der Waals surface area contributed by atoms with E-state index in [1.165, 1.54) is 0 Å². The van der Waals surface area contributed by atoms with Crippen LogP contribution in [0.3, 0.4) is 0 Å². The van der Waals surface area contributed by atoms with E-state index in [9.17, 15) is 4.79 Å². The Balaban J connectivity index is 1.43. The zero-order valence-corrected chi connectivity index (χ0v) is 20.4. The van der Waals surface area contributed by atoms with E-state index in [2.05, 4.69) is 27.0 Å². The van der Waals surface area contributed by atoms with Crippen LogP contribution in [0.5, 0.6) is 11.6 Å². The molecule has 4 atom stereocenters. The lowest BCUT2D eigenvalue weighted by Crippen LogP contribution is -2.20. The number of carbonyl (C=O) groups excluding carboxylic acids is 1. The molecule has 3 N–H and O–H groups in total. The Kier molecular flexibility index (Phi) is 8.12. The molecule has 4 unspecified atom stereocenters. The highest BCUT2D eigenvalue weighted by Gasteiger charge is 2.35. The van der Waals surface area contributed by atoms with Crippen molar-refractivity contribution in [3.8, 4) is 11.6 Å². The third-order valence-electron chi connectivity index (χ3n) is 5.10. The summed E-state index contributed by atoms with van der Waals surface area (Å²) in [6, 6.07) is 6.92. The Hall–Kier alpha value is -2.56. The highest BCUT2D eigenvalue weighted by atomic mass is 35.5. The number of ether oxygens (including phenoxy) is 2. The van der Waals surface area contributed by atoms with Crippen LogP contribution < -0.4 is 20.1 Å². The molecular weight excluding hydrogens is 483 g/mol. The minimum atomic E-state index is -1.56. The van der Waals surface area contributed by atoms with Crippen molar-refractivity contribution >= 4 is 43.5 Å². The Morgan fingerprint density at radius 1 is 1.35 bits per heavy atom. The number of carbonyl (C=O) groups is 1. The van der Waals surface area contributed by atoms with Crippen molar-refractivity contribution < 1.29 is 23.3 Å². The van der Waals surface area contributed by atoms with E-state index in [4.69, 9.17) is 35.9 Å². The van der Waals surface area contributed by atoms with E-state index >= 15 is 0 Å². The van der Waals surface area contributed by atoms with Gasteiger partial charge in [-0.3, -0.25) is 4.57 Å². The molecule has 0 saturated carbocycles. The number of hydrogen-bond donors (Lipinski definition) is 2. The summed E-state index contributed by atoms with van der Waals surface area (Å²) in [7, 11) is -1.56. The van der Waals surface area contributed by atoms with Gasteiger partial charge in [0.2, 0.25) is 11.8 Å². The molecule has 4 rings (SSSR count). The number of nitrogens with zero attached hydrogens (tertiary/aromatic N) is 4. The molecule has 3 heterocycles. The number of hydrogen-bond acceptors (Lipinski definition) is 10. The maximum atomic E-state index is 10.8. The lowest BCUT2D eigenvalue weighted by molar-refractivity contribution is -0.106. The van der Waals surface area contributed by atoms with Crippen molar-refractivity contribution in [2.24, 2.45) is 5.92 Å². The molecule has 1 aliphatic rings. The molecule has 182 valence electrons. The Morgan fingerprint density at radius 3 is 2.88 bits per heavy atom. The molecule has 13 heteroatoms. The molecule has 11 nitrogen and oxygen atoms in total. The van der Waals surface area contributed by atoms with Crippen LogP contribution >= 0.6 is 20.1 Å². The van der Waals surface area contributed by atoms with E-state index < -0.39 is 8.53 Å². The van der Waals surface area contributed by atoms with Crippen LogP contribution in [0, 0.1) is 5.92 Å². The van der Waals surface area contributed by atoms with Gasteiger partial charge in [0, 0.05) is 10.9 Å². The predicted molar refractivity (Wildman–Crippen MR) is 128 cm³/mol. The van der Waals surface area contributed by atoms with Crippen LogP contribution in [-0.2, 0) is 14.1 Å². The summed E-state index contributed by atoms with van der Waals surface area (Å²) in [5, 5.41) is 3.56. The molecule has 1 fully saturated rings. The van der Waals surface area contributed by atoms with Crippen molar-refractivity contribution in [2.75, 3.05) is 25.5 Å². The molecular formula is C21H26ClN6O5P. The first-order valence-corrected chi connectivity index (χ1v) is 12.4. The minimum absolute atomic E-state index is 0.105. The van der Waals surface area contributed by atoms with Crippen LogP contribution in [0.1, 0.15) is 26.5 Å². The Morgan fingerprint density at radius 2 is 2.15 bits per heavy atom. The fourth-order valence-electron chi connectivity index (χ4n) is 3.65. The Bertz CT molecular complexity index is 1120. The first kappa shape index (κ1) is 24.6. The van der Waals surface area contributed by atoms with Gasteiger partial charge < -0.3 is 29.0 Å². The number of nitrogens with one attached hydrogen (secondary N) is 1. The highest BCUT2D eigenvalue weighted by molar-refractivity contribution is 7.45. The predicted octanol–water partition coefficient (Wildman–Crippen LogP) is 3.50. The van der Waals surface area contributed by atoms with Crippen molar-refractivity contribution in [1.29, 1.82) is 0 Å². The van der Waals surface area contributed by atoms with Gasteiger partial charge in [0.15, 0.2) is 11.2 Å². The fourth-order valence-corrected chi connectivity index (χ4v) is 4.83. The van der Waals surface area contributed by atoms with Crippen LogP contribution in [0.15, 0.2) is 30.6 Å². The first-order chi connectivity index (χ1) is 16.5. The average Bonchev–Trinajstić information content (AvgIpc) is 3.40. The smallest absolute Gasteiger partial charge is 0.318 e. The lowest BCUT2D eigenvalue weighted by atomic mass is 10.1. The van der Waals surface area contributed by atoms with E-state index in [0.717, 1.165) is 12.7 Å². The van der Waals surface area contributed by atoms with Gasteiger partial charge in [0.1, 0.15) is 18.3 Å². The maximum absolute atomic E-state index is 10.8. The summed E-state index contributed by atoms with van der Waals surface area (Å²) >= 11 is 5.93. The topological polar surface area (TPSA) is 136 Å². The second-order valence-electron chi connectivity index (χ2n) is 7.63. The molecule has 0 radical (unpaired) electrons. The third-order valence-corrected chi connectivity index (χ3v) is 6.55. The highest BCUT2D eigenvalue weighted by Crippen LogP contribution is 2.40. The first-order valence-electron chi connectivity index (χ1n) is 10.8. The summed E-state index contributed by atoms with van der Waals surface area (Å²) < 4.78 is 25.5. The average molecular weight is 509 g/mol. The zero-order chi connectivity index (χ0) is 24.1. The van der Waals surface area contributed by atoms with Crippen molar-refractivity contribution in [3.05, 3.63) is 35.6 Å². The van der Waals surface area contributed by atoms with E-state index in [0.29, 0.717) is 34.4 Å². The fraction of sp³-hybridized carbons (Fsp3) is 0.429. The molecule has 1 saturated heterocycles. The molecule has 0 amide bonds. The van der Waals surface area contributed by atoms with E-state index in [1.54, 1.807) is 30.6 Å². The number of fused-ring (bicyclic) bond motifs is 1. The SMILES string of the molecule is CCOc1nc(N)nc2c1ncn2C1OC(COP(NCC=O)Oc2ccc(Cl)cc2)CC1C.